The molecule has 2 aromatic rings. The van der Waals surface area contributed by atoms with Gasteiger partial charge in [0.2, 0.25) is 0 Å². The van der Waals surface area contributed by atoms with Crippen LogP contribution in [-0.4, -0.2) is 14.2 Å². The number of hydrogen-bond acceptors (Lipinski definition) is 3. The quantitative estimate of drug-likeness (QED) is 0.935. The van der Waals surface area contributed by atoms with Gasteiger partial charge in [-0.25, -0.2) is 8.78 Å². The van der Waals surface area contributed by atoms with Crippen LogP contribution < -0.4 is 15.2 Å². The van der Waals surface area contributed by atoms with Crippen LogP contribution in [-0.2, 0) is 0 Å². The average molecular weight is 279 g/mol. The summed E-state index contributed by atoms with van der Waals surface area (Å²) in [5.41, 5.74) is 6.89. The predicted octanol–water partition coefficient (Wildman–Crippen LogP) is 3.03. The maximum atomic E-state index is 14.1. The van der Waals surface area contributed by atoms with Crippen molar-refractivity contribution < 1.29 is 18.3 Å². The Hall–Kier alpha value is -2.14. The third kappa shape index (κ3) is 2.72. The van der Waals surface area contributed by atoms with Gasteiger partial charge in [-0.15, -0.1) is 0 Å². The van der Waals surface area contributed by atoms with E-state index in [0.29, 0.717) is 17.1 Å². The van der Waals surface area contributed by atoms with Crippen molar-refractivity contribution >= 4 is 0 Å². The molecule has 106 valence electrons. The normalized spacial score (nSPS) is 12.1. The first kappa shape index (κ1) is 14.3. The molecule has 0 aliphatic rings. The summed E-state index contributed by atoms with van der Waals surface area (Å²) in [6.07, 6.45) is 0. The molecule has 3 nitrogen and oxygen atoms in total. The molecule has 20 heavy (non-hydrogen) atoms. The maximum absolute atomic E-state index is 14.1. The number of nitrogens with two attached hydrogens (primary N) is 1. The van der Waals surface area contributed by atoms with E-state index in [9.17, 15) is 8.78 Å². The molecule has 0 aliphatic carbocycles. The van der Waals surface area contributed by atoms with Crippen LogP contribution in [0.25, 0.3) is 0 Å². The Labute approximate surface area is 115 Å². The molecular formula is C15H15F2NO2. The topological polar surface area (TPSA) is 44.5 Å². The summed E-state index contributed by atoms with van der Waals surface area (Å²) in [5, 5.41) is 0. The van der Waals surface area contributed by atoms with Gasteiger partial charge in [0.05, 0.1) is 20.3 Å². The molecule has 1 atom stereocenters. The van der Waals surface area contributed by atoms with Gasteiger partial charge in [0.15, 0.2) is 11.5 Å². The molecule has 0 aliphatic heterocycles. The SMILES string of the molecule is COc1cc(F)c(C(N)c2ccc(F)cc2)cc1OC. The molecule has 0 amide bonds. The summed E-state index contributed by atoms with van der Waals surface area (Å²) >= 11 is 0. The fourth-order valence-corrected chi connectivity index (χ4v) is 1.96. The summed E-state index contributed by atoms with van der Waals surface area (Å²) in [5.74, 6) is -0.185. The molecule has 0 radical (unpaired) electrons. The minimum absolute atomic E-state index is 0.259. The third-order valence-corrected chi connectivity index (χ3v) is 3.07. The highest BCUT2D eigenvalue weighted by Crippen LogP contribution is 2.33. The molecule has 0 spiro atoms. The zero-order valence-corrected chi connectivity index (χ0v) is 11.2. The standard InChI is InChI=1S/C15H15F2NO2/c1-19-13-7-11(12(17)8-14(13)20-2)15(18)9-3-5-10(16)6-4-9/h3-8,15H,18H2,1-2H3. The van der Waals surface area contributed by atoms with Gasteiger partial charge in [-0.05, 0) is 23.8 Å². The van der Waals surface area contributed by atoms with E-state index < -0.39 is 11.9 Å². The highest BCUT2D eigenvalue weighted by molar-refractivity contribution is 5.46. The van der Waals surface area contributed by atoms with Gasteiger partial charge < -0.3 is 15.2 Å². The van der Waals surface area contributed by atoms with Crippen LogP contribution >= 0.6 is 0 Å². The fraction of sp³-hybridized carbons (Fsp3) is 0.200. The van der Waals surface area contributed by atoms with Crippen LogP contribution in [0.4, 0.5) is 8.78 Å². The second kappa shape index (κ2) is 5.88. The summed E-state index contributed by atoms with van der Waals surface area (Å²) in [4.78, 5) is 0. The van der Waals surface area contributed by atoms with Crippen LogP contribution in [0.2, 0.25) is 0 Å². The zero-order chi connectivity index (χ0) is 14.7. The van der Waals surface area contributed by atoms with Crippen LogP contribution in [0.15, 0.2) is 36.4 Å². The molecule has 0 saturated heterocycles. The van der Waals surface area contributed by atoms with Crippen molar-refractivity contribution in [1.82, 2.24) is 0 Å². The summed E-state index contributed by atoms with van der Waals surface area (Å²) in [6, 6.07) is 7.61. The Kier molecular flexibility index (Phi) is 4.20. The molecular weight excluding hydrogens is 264 g/mol. The molecule has 1 unspecified atom stereocenters. The Morgan fingerprint density at radius 3 is 2.05 bits per heavy atom. The number of rotatable bonds is 4. The maximum Gasteiger partial charge on any atom is 0.163 e. The molecule has 0 bridgehead atoms. The first-order valence-corrected chi connectivity index (χ1v) is 5.99. The smallest absolute Gasteiger partial charge is 0.163 e. The number of halogens is 2. The Morgan fingerprint density at radius 1 is 0.950 bits per heavy atom. The molecule has 0 saturated carbocycles. The van der Waals surface area contributed by atoms with Crippen LogP contribution in [0.1, 0.15) is 17.2 Å². The van der Waals surface area contributed by atoms with Crippen molar-refractivity contribution in [2.24, 2.45) is 5.73 Å². The number of hydrogen-bond donors (Lipinski definition) is 1. The highest BCUT2D eigenvalue weighted by Gasteiger charge is 2.18. The van der Waals surface area contributed by atoms with E-state index in [1.165, 1.54) is 50.6 Å². The second-order valence-electron chi connectivity index (χ2n) is 4.26. The van der Waals surface area contributed by atoms with Gasteiger partial charge in [0.1, 0.15) is 11.6 Å². The molecule has 2 rings (SSSR count). The van der Waals surface area contributed by atoms with Gasteiger partial charge in [-0.2, -0.15) is 0 Å². The third-order valence-electron chi connectivity index (χ3n) is 3.07. The van der Waals surface area contributed by atoms with Gasteiger partial charge in [-0.1, -0.05) is 12.1 Å². The Morgan fingerprint density at radius 2 is 1.50 bits per heavy atom. The van der Waals surface area contributed by atoms with Gasteiger partial charge >= 0.3 is 0 Å². The van der Waals surface area contributed by atoms with Crippen LogP contribution in [0, 0.1) is 11.6 Å². The number of ether oxygens (including phenoxy) is 2. The first-order chi connectivity index (χ1) is 9.56. The van der Waals surface area contributed by atoms with E-state index in [1.807, 2.05) is 0 Å². The van der Waals surface area contributed by atoms with Gasteiger partial charge in [0.25, 0.3) is 0 Å². The first-order valence-electron chi connectivity index (χ1n) is 5.99. The molecule has 2 aromatic carbocycles. The van der Waals surface area contributed by atoms with E-state index in [-0.39, 0.29) is 11.4 Å². The van der Waals surface area contributed by atoms with Gasteiger partial charge in [0, 0.05) is 11.6 Å². The van der Waals surface area contributed by atoms with E-state index in [4.69, 9.17) is 15.2 Å². The summed E-state index contributed by atoms with van der Waals surface area (Å²) < 4.78 is 37.1. The van der Waals surface area contributed by atoms with Crippen molar-refractivity contribution in [1.29, 1.82) is 0 Å². The fourth-order valence-electron chi connectivity index (χ4n) is 1.96. The largest absolute Gasteiger partial charge is 0.493 e. The van der Waals surface area contributed by atoms with Crippen molar-refractivity contribution in [2.45, 2.75) is 6.04 Å². The van der Waals surface area contributed by atoms with E-state index in [2.05, 4.69) is 0 Å². The minimum atomic E-state index is -0.713. The lowest BCUT2D eigenvalue weighted by Crippen LogP contribution is -2.14. The summed E-state index contributed by atoms with van der Waals surface area (Å²) in [6.45, 7) is 0. The van der Waals surface area contributed by atoms with Crippen molar-refractivity contribution in [2.75, 3.05) is 14.2 Å². The monoisotopic (exact) mass is 279 g/mol. The lowest BCUT2D eigenvalue weighted by Gasteiger charge is -2.16. The number of methoxy groups -OCH3 is 2. The Bertz CT molecular complexity index is 600. The van der Waals surface area contributed by atoms with E-state index in [1.54, 1.807) is 0 Å². The van der Waals surface area contributed by atoms with Crippen molar-refractivity contribution in [3.8, 4) is 11.5 Å². The molecule has 0 aromatic heterocycles. The second-order valence-corrected chi connectivity index (χ2v) is 4.26. The van der Waals surface area contributed by atoms with Crippen LogP contribution in [0.3, 0.4) is 0 Å². The zero-order valence-electron chi connectivity index (χ0n) is 11.2. The van der Waals surface area contributed by atoms with Crippen LogP contribution in [0.5, 0.6) is 11.5 Å². The number of benzene rings is 2. The van der Waals surface area contributed by atoms with E-state index >= 15 is 0 Å². The molecule has 2 N–H and O–H groups in total. The van der Waals surface area contributed by atoms with Crippen molar-refractivity contribution in [3.63, 3.8) is 0 Å². The molecule has 0 heterocycles. The van der Waals surface area contributed by atoms with Crippen molar-refractivity contribution in [3.05, 3.63) is 59.2 Å². The highest BCUT2D eigenvalue weighted by atomic mass is 19.1. The average Bonchev–Trinajstić information content (AvgIpc) is 2.47. The predicted molar refractivity (Wildman–Crippen MR) is 71.9 cm³/mol. The van der Waals surface area contributed by atoms with E-state index in [0.717, 1.165) is 0 Å². The van der Waals surface area contributed by atoms with Gasteiger partial charge in [-0.3, -0.25) is 0 Å². The molecule has 0 fully saturated rings. The lowest BCUT2D eigenvalue weighted by molar-refractivity contribution is 0.351. The lowest BCUT2D eigenvalue weighted by atomic mass is 9.98. The minimum Gasteiger partial charge on any atom is -0.493 e. The Balaban J connectivity index is 2.43. The summed E-state index contributed by atoms with van der Waals surface area (Å²) in [7, 11) is 2.89. The molecule has 5 heteroatoms.